The van der Waals surface area contributed by atoms with E-state index in [1.165, 1.54) is 0 Å². The lowest BCUT2D eigenvalue weighted by molar-refractivity contribution is -0.324. The normalized spacial score (nSPS) is 39.6. The summed E-state index contributed by atoms with van der Waals surface area (Å²) < 4.78 is 6.63. The van der Waals surface area contributed by atoms with Crippen molar-refractivity contribution in [1.29, 1.82) is 0 Å². The maximum atomic E-state index is 15.4. The van der Waals surface area contributed by atoms with Crippen LogP contribution in [0.25, 0.3) is 0 Å². The Bertz CT molecular complexity index is 1280. The van der Waals surface area contributed by atoms with Crippen molar-refractivity contribution in [2.45, 2.75) is 92.5 Å². The smallest absolute Gasteiger partial charge is 0.192 e. The van der Waals surface area contributed by atoms with Gasteiger partial charge in [0.25, 0.3) is 0 Å². The molecule has 38 heavy (non-hydrogen) atoms. The molecule has 5 fully saturated rings. The highest BCUT2D eigenvalue weighted by atomic mass is 16.7. The average Bonchev–Trinajstić information content (AvgIpc) is 2.92. The summed E-state index contributed by atoms with van der Waals surface area (Å²) in [5, 5.41) is 12.9. The Hall–Kier alpha value is -2.37. The van der Waals surface area contributed by atoms with Crippen LogP contribution in [0.5, 0.6) is 0 Å². The molecule has 0 spiro atoms. The lowest BCUT2D eigenvalue weighted by Crippen LogP contribution is -2.80. The van der Waals surface area contributed by atoms with Crippen molar-refractivity contribution in [3.8, 4) is 0 Å². The molecule has 1 aromatic rings. The van der Waals surface area contributed by atoms with Gasteiger partial charge in [0.15, 0.2) is 28.6 Å². The van der Waals surface area contributed by atoms with Crippen molar-refractivity contribution in [2.24, 2.45) is 33.5 Å². The fourth-order valence-corrected chi connectivity index (χ4v) is 8.84. The van der Waals surface area contributed by atoms with Gasteiger partial charge >= 0.3 is 0 Å². The first-order chi connectivity index (χ1) is 17.6. The fraction of sp³-hybridized carbons (Fsp3) is 0.606. The van der Waals surface area contributed by atoms with E-state index in [-0.39, 0.29) is 24.7 Å². The first kappa shape index (κ1) is 27.2. The number of rotatable bonds is 6. The standard InChI is InChI=1S/C33H42O5/c1-20(2)14-16-30-19-23-18-24-29(7,8)38-33(30,37)31(24,17-15-21(3)4)27(36)32(26(30)35,28(23,5)6)25(34)22-12-10-9-11-13-22/h9-15,23-24,37H,16-19H2,1-8H3/t23-,24+,30+,31-,32-,33+/m1/s1. The van der Waals surface area contributed by atoms with E-state index in [9.17, 15) is 9.90 Å². The molecule has 6 bridgehead atoms. The van der Waals surface area contributed by atoms with Crippen LogP contribution in [0.2, 0.25) is 0 Å². The van der Waals surface area contributed by atoms with Crippen molar-refractivity contribution in [2.75, 3.05) is 0 Å². The highest BCUT2D eigenvalue weighted by molar-refractivity contribution is 6.34. The summed E-state index contributed by atoms with van der Waals surface area (Å²) in [4.78, 5) is 45.3. The molecule has 6 rings (SSSR count). The molecule has 4 aliphatic carbocycles. The quantitative estimate of drug-likeness (QED) is 0.273. The van der Waals surface area contributed by atoms with Crippen LogP contribution in [0, 0.1) is 33.5 Å². The summed E-state index contributed by atoms with van der Waals surface area (Å²) >= 11 is 0. The van der Waals surface area contributed by atoms with E-state index in [0.29, 0.717) is 18.4 Å². The number of ketones is 3. The van der Waals surface area contributed by atoms with Gasteiger partial charge < -0.3 is 9.84 Å². The molecule has 5 nitrogen and oxygen atoms in total. The molecule has 1 aliphatic heterocycles. The highest BCUT2D eigenvalue weighted by Crippen LogP contribution is 2.80. The van der Waals surface area contributed by atoms with E-state index >= 15 is 9.59 Å². The molecule has 0 amide bonds. The van der Waals surface area contributed by atoms with Crippen LogP contribution in [0.3, 0.4) is 0 Å². The van der Waals surface area contributed by atoms with Gasteiger partial charge in [0.05, 0.1) is 16.4 Å². The minimum Gasteiger partial charge on any atom is -0.364 e. The van der Waals surface area contributed by atoms with Crippen LogP contribution < -0.4 is 0 Å². The monoisotopic (exact) mass is 518 g/mol. The number of hydrogen-bond donors (Lipinski definition) is 1. The largest absolute Gasteiger partial charge is 0.364 e. The average molecular weight is 519 g/mol. The van der Waals surface area contributed by atoms with Crippen LogP contribution in [0.1, 0.15) is 91.4 Å². The Kier molecular flexibility index (Phi) is 5.78. The Morgan fingerprint density at radius 3 is 2.11 bits per heavy atom. The number of benzene rings is 1. The van der Waals surface area contributed by atoms with E-state index in [0.717, 1.165) is 11.1 Å². The van der Waals surface area contributed by atoms with Crippen LogP contribution in [0.15, 0.2) is 53.6 Å². The number of aliphatic hydroxyl groups is 1. The molecule has 0 unspecified atom stereocenters. The summed E-state index contributed by atoms with van der Waals surface area (Å²) in [6.07, 6.45) is 5.42. The zero-order chi connectivity index (χ0) is 28.1. The van der Waals surface area contributed by atoms with Gasteiger partial charge in [0, 0.05) is 11.5 Å². The number of allylic oxidation sites excluding steroid dienone is 4. The highest BCUT2D eigenvalue weighted by Gasteiger charge is 2.92. The summed E-state index contributed by atoms with van der Waals surface area (Å²) in [5.41, 5.74) is -4.16. The number of ether oxygens (including phenoxy) is 1. The van der Waals surface area contributed by atoms with E-state index in [4.69, 9.17) is 4.74 Å². The van der Waals surface area contributed by atoms with E-state index in [1.54, 1.807) is 24.3 Å². The molecule has 0 aromatic heterocycles. The molecule has 5 aliphatic rings. The second-order valence-corrected chi connectivity index (χ2v) is 13.9. The number of hydrogen-bond acceptors (Lipinski definition) is 5. The molecule has 1 N–H and O–H groups in total. The van der Waals surface area contributed by atoms with E-state index in [1.807, 2.05) is 73.6 Å². The minimum atomic E-state index is -2.02. The van der Waals surface area contributed by atoms with Gasteiger partial charge in [-0.3, -0.25) is 14.4 Å². The molecule has 1 aromatic carbocycles. The van der Waals surface area contributed by atoms with Gasteiger partial charge in [0.1, 0.15) is 0 Å². The molecule has 5 heteroatoms. The number of Topliss-reactive ketones (excluding diaryl/α,β-unsaturated/α-hetero) is 3. The Morgan fingerprint density at radius 1 is 0.947 bits per heavy atom. The van der Waals surface area contributed by atoms with Crippen LogP contribution in [0.4, 0.5) is 0 Å². The summed E-state index contributed by atoms with van der Waals surface area (Å²) in [5.74, 6) is -3.84. The second kappa shape index (κ2) is 8.08. The lowest BCUT2D eigenvalue weighted by atomic mass is 9.35. The SMILES string of the molecule is CC(C)=CC[C@@]12C[C@H]3C[C@H]4C(C)(C)O[C@]1(O)[C@@]4(CC=C(C)C)C(=O)[C@@](C(=O)c1ccccc1)(C2=O)C3(C)C. The number of carbonyl (C=O) groups is 3. The van der Waals surface area contributed by atoms with Crippen LogP contribution in [-0.4, -0.2) is 33.8 Å². The van der Waals surface area contributed by atoms with Crippen molar-refractivity contribution in [3.05, 3.63) is 59.2 Å². The van der Waals surface area contributed by atoms with E-state index in [2.05, 4.69) is 0 Å². The Balaban J connectivity index is 1.94. The molecule has 0 radical (unpaired) electrons. The molecule has 204 valence electrons. The maximum absolute atomic E-state index is 15.4. The number of carbonyl (C=O) groups excluding carboxylic acids is 3. The Labute approximate surface area is 226 Å². The van der Waals surface area contributed by atoms with Crippen LogP contribution >= 0.6 is 0 Å². The summed E-state index contributed by atoms with van der Waals surface area (Å²) in [7, 11) is 0. The Morgan fingerprint density at radius 2 is 1.53 bits per heavy atom. The minimum absolute atomic E-state index is 0.127. The molecular formula is C33H42O5. The third kappa shape index (κ3) is 2.87. The fourth-order valence-electron chi connectivity index (χ4n) is 8.84. The molecule has 4 saturated carbocycles. The third-order valence-electron chi connectivity index (χ3n) is 10.8. The predicted molar refractivity (Wildman–Crippen MR) is 146 cm³/mol. The van der Waals surface area contributed by atoms with Crippen molar-refractivity contribution in [1.82, 2.24) is 0 Å². The van der Waals surface area contributed by atoms with Crippen molar-refractivity contribution >= 4 is 17.3 Å². The molecule has 1 heterocycles. The molecular weight excluding hydrogens is 476 g/mol. The zero-order valence-corrected chi connectivity index (χ0v) is 24.1. The van der Waals surface area contributed by atoms with Gasteiger partial charge in [-0.1, -0.05) is 67.5 Å². The first-order valence-corrected chi connectivity index (χ1v) is 14.0. The third-order valence-corrected chi connectivity index (χ3v) is 10.8. The summed E-state index contributed by atoms with van der Waals surface area (Å²) in [6, 6.07) is 8.76. The van der Waals surface area contributed by atoms with Crippen molar-refractivity contribution in [3.63, 3.8) is 0 Å². The summed E-state index contributed by atoms with van der Waals surface area (Å²) in [6.45, 7) is 15.6. The first-order valence-electron chi connectivity index (χ1n) is 14.0. The molecule has 1 saturated heterocycles. The maximum Gasteiger partial charge on any atom is 0.192 e. The van der Waals surface area contributed by atoms with E-state index < -0.39 is 50.4 Å². The topological polar surface area (TPSA) is 80.7 Å². The van der Waals surface area contributed by atoms with Gasteiger partial charge in [0.2, 0.25) is 0 Å². The van der Waals surface area contributed by atoms with Crippen LogP contribution in [-0.2, 0) is 14.3 Å². The van der Waals surface area contributed by atoms with Gasteiger partial charge in [-0.15, -0.1) is 0 Å². The predicted octanol–water partition coefficient (Wildman–Crippen LogP) is 6.26. The second-order valence-electron chi connectivity index (χ2n) is 13.9. The zero-order valence-electron chi connectivity index (χ0n) is 24.1. The van der Waals surface area contributed by atoms with Gasteiger partial charge in [-0.2, -0.15) is 0 Å². The van der Waals surface area contributed by atoms with Gasteiger partial charge in [-0.25, -0.2) is 0 Å². The van der Waals surface area contributed by atoms with Gasteiger partial charge in [-0.05, 0) is 78.6 Å². The lowest BCUT2D eigenvalue weighted by Gasteiger charge is -2.65. The van der Waals surface area contributed by atoms with Crippen molar-refractivity contribution < 1.29 is 24.2 Å². The molecule has 6 atom stereocenters.